The number of nitrogens with zero attached hydrogens (tertiary/aromatic N) is 1. The Morgan fingerprint density at radius 1 is 1.06 bits per heavy atom. The van der Waals surface area contributed by atoms with E-state index in [1.54, 1.807) is 0 Å². The third-order valence-corrected chi connectivity index (χ3v) is 7.06. The molecule has 2 fully saturated rings. The summed E-state index contributed by atoms with van der Waals surface area (Å²) in [5.41, 5.74) is -0.137. The van der Waals surface area contributed by atoms with E-state index in [1.807, 2.05) is 6.92 Å². The van der Waals surface area contributed by atoms with Crippen LogP contribution in [0.15, 0.2) is 60.2 Å². The van der Waals surface area contributed by atoms with Gasteiger partial charge in [0.25, 0.3) is 5.91 Å². The molecule has 36 heavy (non-hydrogen) atoms. The van der Waals surface area contributed by atoms with Gasteiger partial charge in [0.1, 0.15) is 0 Å². The van der Waals surface area contributed by atoms with E-state index in [0.717, 1.165) is 29.0 Å². The number of halogens is 3. The van der Waals surface area contributed by atoms with E-state index in [0.29, 0.717) is 0 Å². The molecule has 3 aliphatic rings. The number of carbonyl (C=O) groups is 4. The van der Waals surface area contributed by atoms with Gasteiger partial charge < -0.3 is 10.1 Å². The maximum Gasteiger partial charge on any atom is 0.418 e. The number of hydrogen-bond donors (Lipinski definition) is 1. The SMILES string of the molecule is CC1=C[C@H]2C[C@H]1[C@H]1C(=O)N(c3cccc(C(=O)OCC(=O)Nc4ccccc4C(F)(F)F)c3)C(=O)[C@@H]12. The van der Waals surface area contributed by atoms with Crippen molar-refractivity contribution in [1.82, 2.24) is 0 Å². The monoisotopic (exact) mass is 498 g/mol. The van der Waals surface area contributed by atoms with Gasteiger partial charge in [0, 0.05) is 0 Å². The highest BCUT2D eigenvalue weighted by molar-refractivity contribution is 6.23. The zero-order chi connectivity index (χ0) is 25.8. The van der Waals surface area contributed by atoms with Gasteiger partial charge >= 0.3 is 12.1 Å². The third-order valence-electron chi connectivity index (χ3n) is 7.06. The minimum absolute atomic E-state index is 0.00840. The molecule has 0 spiro atoms. The number of ether oxygens (including phenoxy) is 1. The lowest BCUT2D eigenvalue weighted by Crippen LogP contribution is -2.33. The largest absolute Gasteiger partial charge is 0.452 e. The summed E-state index contributed by atoms with van der Waals surface area (Å²) in [7, 11) is 0. The summed E-state index contributed by atoms with van der Waals surface area (Å²) >= 11 is 0. The molecule has 186 valence electrons. The highest BCUT2D eigenvalue weighted by Gasteiger charge is 2.60. The van der Waals surface area contributed by atoms with E-state index in [1.165, 1.54) is 36.4 Å². The maximum atomic E-state index is 13.1. The number of nitrogens with one attached hydrogen (secondary N) is 1. The maximum absolute atomic E-state index is 13.1. The number of fused-ring (bicyclic) bond motifs is 5. The molecule has 1 saturated carbocycles. The van der Waals surface area contributed by atoms with Crippen LogP contribution < -0.4 is 10.2 Å². The predicted molar refractivity (Wildman–Crippen MR) is 122 cm³/mol. The molecule has 0 radical (unpaired) electrons. The highest BCUT2D eigenvalue weighted by Crippen LogP contribution is 2.55. The molecule has 10 heteroatoms. The fourth-order valence-electron chi connectivity index (χ4n) is 5.54. The molecule has 2 aromatic carbocycles. The number of para-hydroxylation sites is 1. The van der Waals surface area contributed by atoms with Gasteiger partial charge in [-0.1, -0.05) is 29.8 Å². The number of amides is 3. The van der Waals surface area contributed by atoms with E-state index in [9.17, 15) is 32.3 Å². The second kappa shape index (κ2) is 8.61. The van der Waals surface area contributed by atoms with Crippen LogP contribution in [-0.2, 0) is 25.3 Å². The van der Waals surface area contributed by atoms with Gasteiger partial charge in [-0.15, -0.1) is 0 Å². The summed E-state index contributed by atoms with van der Waals surface area (Å²) in [6.45, 7) is 1.14. The standard InChI is InChI=1S/C26H21F3N2O5/c1-13-9-15-11-17(13)22-21(15)23(33)31(24(22)34)16-6-4-5-14(10-16)25(35)36-12-20(32)30-19-8-3-2-7-18(19)26(27,28)29/h2-10,15,17,21-22H,11-12H2,1H3,(H,30,32)/t15-,17+,21+,22+/m0/s1. The smallest absolute Gasteiger partial charge is 0.418 e. The van der Waals surface area contributed by atoms with Crippen molar-refractivity contribution in [2.24, 2.45) is 23.7 Å². The average molecular weight is 498 g/mol. The average Bonchev–Trinajstić information content (AvgIpc) is 3.47. The van der Waals surface area contributed by atoms with Crippen molar-refractivity contribution in [1.29, 1.82) is 0 Å². The van der Waals surface area contributed by atoms with Gasteiger partial charge in [0.05, 0.1) is 34.3 Å². The Bertz CT molecular complexity index is 1320. The number of anilines is 2. The summed E-state index contributed by atoms with van der Waals surface area (Å²) in [6.07, 6.45) is -1.81. The summed E-state index contributed by atoms with van der Waals surface area (Å²) in [5.74, 6) is -3.17. The quantitative estimate of drug-likeness (QED) is 0.379. The van der Waals surface area contributed by atoms with E-state index in [4.69, 9.17) is 4.74 Å². The Morgan fingerprint density at radius 2 is 1.78 bits per heavy atom. The minimum Gasteiger partial charge on any atom is -0.452 e. The molecule has 1 N–H and O–H groups in total. The number of carbonyl (C=O) groups excluding carboxylic acids is 4. The van der Waals surface area contributed by atoms with Crippen molar-refractivity contribution < 1.29 is 37.1 Å². The lowest BCUT2D eigenvalue weighted by molar-refractivity contribution is -0.137. The van der Waals surface area contributed by atoms with Gasteiger partial charge in [-0.2, -0.15) is 13.2 Å². The van der Waals surface area contributed by atoms with Gasteiger partial charge in [-0.25, -0.2) is 9.69 Å². The number of rotatable bonds is 5. The lowest BCUT2D eigenvalue weighted by Gasteiger charge is -2.19. The topological polar surface area (TPSA) is 92.8 Å². The van der Waals surface area contributed by atoms with Crippen LogP contribution in [0.4, 0.5) is 24.5 Å². The molecule has 7 nitrogen and oxygen atoms in total. The molecule has 5 rings (SSSR count). The number of esters is 1. The van der Waals surface area contributed by atoms with E-state index in [2.05, 4.69) is 11.4 Å². The second-order valence-corrected chi connectivity index (χ2v) is 9.20. The molecule has 1 heterocycles. The zero-order valence-electron chi connectivity index (χ0n) is 19.0. The molecule has 0 unspecified atom stereocenters. The Labute approximate surface area is 203 Å². The molecule has 2 aromatic rings. The Hall–Kier alpha value is -3.95. The van der Waals surface area contributed by atoms with Crippen LogP contribution in [0, 0.1) is 23.7 Å². The first-order valence-electron chi connectivity index (χ1n) is 11.4. The summed E-state index contributed by atoms with van der Waals surface area (Å²) < 4.78 is 44.3. The first kappa shape index (κ1) is 23.8. The van der Waals surface area contributed by atoms with E-state index in [-0.39, 0.29) is 34.9 Å². The van der Waals surface area contributed by atoms with Crippen LogP contribution in [0.1, 0.15) is 29.3 Å². The Kier molecular flexibility index (Phi) is 5.69. The molecule has 1 aliphatic heterocycles. The van der Waals surface area contributed by atoms with Crippen LogP contribution in [-0.4, -0.2) is 30.3 Å². The summed E-state index contributed by atoms with van der Waals surface area (Å²) in [4.78, 5) is 52.0. The van der Waals surface area contributed by atoms with Gasteiger partial charge in [-0.05, 0) is 55.5 Å². The van der Waals surface area contributed by atoms with E-state index < -0.39 is 47.7 Å². The number of hydrogen-bond acceptors (Lipinski definition) is 5. The van der Waals surface area contributed by atoms with Crippen LogP contribution in [0.5, 0.6) is 0 Å². The van der Waals surface area contributed by atoms with Crippen molar-refractivity contribution in [3.63, 3.8) is 0 Å². The molecule has 3 amide bonds. The number of allylic oxidation sites excluding steroid dienone is 2. The highest BCUT2D eigenvalue weighted by atomic mass is 19.4. The normalized spacial score (nSPS) is 24.6. The van der Waals surface area contributed by atoms with Crippen molar-refractivity contribution in [3.8, 4) is 0 Å². The van der Waals surface area contributed by atoms with E-state index >= 15 is 0 Å². The van der Waals surface area contributed by atoms with Crippen LogP contribution in [0.25, 0.3) is 0 Å². The molecule has 2 bridgehead atoms. The van der Waals surface area contributed by atoms with Crippen molar-refractivity contribution in [2.45, 2.75) is 19.5 Å². The number of alkyl halides is 3. The van der Waals surface area contributed by atoms with Crippen molar-refractivity contribution in [3.05, 3.63) is 71.3 Å². The van der Waals surface area contributed by atoms with Crippen molar-refractivity contribution in [2.75, 3.05) is 16.8 Å². The third kappa shape index (κ3) is 3.96. The predicted octanol–water partition coefficient (Wildman–Crippen LogP) is 4.20. The molecular weight excluding hydrogens is 477 g/mol. The first-order valence-corrected chi connectivity index (χ1v) is 11.4. The van der Waals surface area contributed by atoms with Crippen molar-refractivity contribution >= 4 is 35.1 Å². The number of benzene rings is 2. The molecule has 0 aromatic heterocycles. The first-order chi connectivity index (χ1) is 17.1. The van der Waals surface area contributed by atoms with Gasteiger partial charge in [-0.3, -0.25) is 14.4 Å². The van der Waals surface area contributed by atoms with Gasteiger partial charge in [0.2, 0.25) is 11.8 Å². The fourth-order valence-corrected chi connectivity index (χ4v) is 5.54. The van der Waals surface area contributed by atoms with Crippen LogP contribution in [0.2, 0.25) is 0 Å². The minimum atomic E-state index is -4.67. The summed E-state index contributed by atoms with van der Waals surface area (Å²) in [6, 6.07) is 10.2. The Morgan fingerprint density at radius 3 is 2.53 bits per heavy atom. The lowest BCUT2D eigenvalue weighted by atomic mass is 9.82. The Balaban J connectivity index is 1.25. The zero-order valence-corrected chi connectivity index (χ0v) is 19.0. The molecule has 2 aliphatic carbocycles. The summed E-state index contributed by atoms with van der Waals surface area (Å²) in [5, 5.41) is 2.09. The van der Waals surface area contributed by atoms with Crippen LogP contribution in [0.3, 0.4) is 0 Å². The second-order valence-electron chi connectivity index (χ2n) is 9.20. The fraction of sp³-hybridized carbons (Fsp3) is 0.308. The molecule has 1 saturated heterocycles. The number of imide groups is 1. The van der Waals surface area contributed by atoms with Crippen LogP contribution >= 0.6 is 0 Å². The molecular formula is C26H21F3N2O5. The molecule has 4 atom stereocenters. The van der Waals surface area contributed by atoms with Gasteiger partial charge in [0.15, 0.2) is 6.61 Å².